The van der Waals surface area contributed by atoms with Gasteiger partial charge in [0.25, 0.3) is 20.0 Å². The number of carbonyl (C=O) groups is 2. The third-order valence-electron chi connectivity index (χ3n) is 6.23. The Kier molecular flexibility index (Phi) is 9.72. The first-order valence-corrected chi connectivity index (χ1v) is 16.4. The van der Waals surface area contributed by atoms with Gasteiger partial charge in [-0.3, -0.25) is 9.59 Å². The maximum Gasteiger partial charge on any atom is 0.396 e. The highest BCUT2D eigenvalue weighted by atomic mass is 32.2. The summed E-state index contributed by atoms with van der Waals surface area (Å²) in [6.45, 7) is 6.45. The summed E-state index contributed by atoms with van der Waals surface area (Å²) in [6.07, 6.45) is 0. The Morgan fingerprint density at radius 2 is 0.812 bits per heavy atom. The van der Waals surface area contributed by atoms with Crippen LogP contribution in [0.3, 0.4) is 0 Å². The summed E-state index contributed by atoms with van der Waals surface area (Å²) in [5, 5.41) is 3.06. The fraction of sp³-hybridized carbons (Fsp3) is 0.214. The zero-order chi connectivity index (χ0) is 35.7. The first-order valence-electron chi connectivity index (χ1n) is 13.5. The van der Waals surface area contributed by atoms with Crippen LogP contribution in [0.25, 0.3) is 0 Å². The molecule has 4 N–H and O–H groups in total. The Bertz CT molecular complexity index is 1910. The van der Waals surface area contributed by atoms with Crippen LogP contribution < -0.4 is 20.1 Å². The minimum Gasteiger partial charge on any atom is -0.321 e. The highest BCUT2D eigenvalue weighted by molar-refractivity contribution is 7.93. The zero-order valence-corrected chi connectivity index (χ0v) is 27.0. The number of amides is 2. The molecule has 0 fully saturated rings. The number of aryl methyl sites for hydroxylation is 4. The monoisotopic (exact) mass is 710 g/mol. The number of aromatic nitrogens is 4. The van der Waals surface area contributed by atoms with E-state index in [4.69, 9.17) is 0 Å². The molecule has 2 aromatic heterocycles. The third kappa shape index (κ3) is 8.00. The van der Waals surface area contributed by atoms with E-state index in [0.29, 0.717) is 22.8 Å². The Hall–Kier alpha value is -5.24. The van der Waals surface area contributed by atoms with E-state index in [0.717, 1.165) is 48.5 Å². The van der Waals surface area contributed by atoms with Gasteiger partial charge in [-0.25, -0.2) is 46.2 Å². The maximum atomic E-state index is 14.7. The van der Waals surface area contributed by atoms with E-state index in [2.05, 4.69) is 29.4 Å². The van der Waals surface area contributed by atoms with Gasteiger partial charge in [0, 0.05) is 34.2 Å². The number of anilines is 4. The second-order valence-electron chi connectivity index (χ2n) is 10.3. The van der Waals surface area contributed by atoms with Crippen molar-refractivity contribution >= 4 is 55.1 Å². The molecule has 0 radical (unpaired) electrons. The molecule has 0 bridgehead atoms. The SMILES string of the molecule is Cc1cc(C)nc(NS(=O)(=O)c2ccc(NC(=O)C(F)(F)C(F)(F)C(=O)Nc3ccc(S(=O)(=O)Nc4nc(C)cc(C)n4)cc3)cc2)n1. The summed E-state index contributed by atoms with van der Waals surface area (Å²) < 4.78 is 114. The van der Waals surface area contributed by atoms with E-state index in [-0.39, 0.29) is 11.9 Å². The van der Waals surface area contributed by atoms with Crippen LogP contribution >= 0.6 is 0 Å². The lowest BCUT2D eigenvalue weighted by Gasteiger charge is -2.24. The number of sulfonamides is 2. The standard InChI is InChI=1S/C28H26F4N8O6S2/c1-15-13-16(2)34-25(33-15)39-47(43,44)21-9-5-19(6-10-21)37-23(41)27(29,30)28(31,32)24(42)38-20-7-11-22(12-8-20)48(45,46)40-26-35-17(3)14-18(4)36-26/h5-14H,1-4H3,(H,37,41)(H,38,42)(H,33,34,39)(H,35,36,40). The summed E-state index contributed by atoms with van der Waals surface area (Å²) in [7, 11) is -8.53. The molecule has 0 atom stereocenters. The van der Waals surface area contributed by atoms with Crippen molar-refractivity contribution in [2.75, 3.05) is 20.1 Å². The van der Waals surface area contributed by atoms with Gasteiger partial charge in [-0.15, -0.1) is 0 Å². The number of benzene rings is 2. The normalized spacial score (nSPS) is 12.2. The van der Waals surface area contributed by atoms with E-state index in [1.807, 2.05) is 0 Å². The molecule has 254 valence electrons. The van der Waals surface area contributed by atoms with Crippen LogP contribution in [0.1, 0.15) is 22.8 Å². The molecule has 4 rings (SSSR count). The van der Waals surface area contributed by atoms with E-state index < -0.39 is 64.9 Å². The number of hydrogen-bond donors (Lipinski definition) is 4. The second kappa shape index (κ2) is 13.1. The lowest BCUT2D eigenvalue weighted by molar-refractivity contribution is -0.204. The third-order valence-corrected chi connectivity index (χ3v) is 8.91. The molecule has 0 aliphatic carbocycles. The number of nitrogens with zero attached hydrogens (tertiary/aromatic N) is 4. The van der Waals surface area contributed by atoms with E-state index in [1.54, 1.807) is 39.8 Å². The topological polar surface area (TPSA) is 202 Å². The molecule has 0 spiro atoms. The Morgan fingerprint density at radius 3 is 1.08 bits per heavy atom. The van der Waals surface area contributed by atoms with Gasteiger partial charge in [0.1, 0.15) is 0 Å². The van der Waals surface area contributed by atoms with Crippen LogP contribution in [0.15, 0.2) is 70.5 Å². The largest absolute Gasteiger partial charge is 0.396 e. The van der Waals surface area contributed by atoms with Crippen molar-refractivity contribution in [3.63, 3.8) is 0 Å². The Morgan fingerprint density at radius 1 is 0.542 bits per heavy atom. The number of rotatable bonds is 11. The quantitative estimate of drug-likeness (QED) is 0.165. The van der Waals surface area contributed by atoms with Crippen LogP contribution in [-0.4, -0.2) is 60.4 Å². The van der Waals surface area contributed by atoms with Gasteiger partial charge in [0.15, 0.2) is 0 Å². The van der Waals surface area contributed by atoms with Crippen LogP contribution in [0.5, 0.6) is 0 Å². The van der Waals surface area contributed by atoms with Gasteiger partial charge < -0.3 is 10.6 Å². The molecule has 4 aromatic rings. The summed E-state index contributed by atoms with van der Waals surface area (Å²) in [5.74, 6) is -16.8. The first kappa shape index (κ1) is 35.6. The predicted molar refractivity (Wildman–Crippen MR) is 165 cm³/mol. The zero-order valence-electron chi connectivity index (χ0n) is 25.3. The smallest absolute Gasteiger partial charge is 0.321 e. The predicted octanol–water partition coefficient (Wildman–Crippen LogP) is 3.95. The highest BCUT2D eigenvalue weighted by Gasteiger charge is 2.67. The summed E-state index contributed by atoms with van der Waals surface area (Å²) >= 11 is 0. The minimum absolute atomic E-state index is 0.230. The molecular formula is C28H26F4N8O6S2. The molecule has 0 saturated heterocycles. The fourth-order valence-electron chi connectivity index (χ4n) is 4.04. The van der Waals surface area contributed by atoms with Crippen molar-refractivity contribution in [1.82, 2.24) is 19.9 Å². The van der Waals surface area contributed by atoms with Gasteiger partial charge in [-0.2, -0.15) is 17.6 Å². The molecule has 2 amide bonds. The fourth-order valence-corrected chi connectivity index (χ4v) is 5.93. The lowest BCUT2D eigenvalue weighted by Crippen LogP contribution is -2.56. The van der Waals surface area contributed by atoms with E-state index in [1.165, 1.54) is 10.6 Å². The van der Waals surface area contributed by atoms with E-state index >= 15 is 0 Å². The summed E-state index contributed by atoms with van der Waals surface area (Å²) in [5.41, 5.74) is 0.928. The van der Waals surface area contributed by atoms with Crippen molar-refractivity contribution in [2.24, 2.45) is 0 Å². The molecule has 0 saturated carbocycles. The molecule has 20 heteroatoms. The lowest BCUT2D eigenvalue weighted by atomic mass is 10.1. The van der Waals surface area contributed by atoms with Crippen LogP contribution in [0.4, 0.5) is 40.8 Å². The minimum atomic E-state index is -5.59. The molecule has 0 aliphatic heterocycles. The Labute approximate surface area is 271 Å². The average Bonchev–Trinajstić information content (AvgIpc) is 2.96. The molecular weight excluding hydrogens is 684 g/mol. The average molecular weight is 711 g/mol. The maximum absolute atomic E-state index is 14.7. The van der Waals surface area contributed by atoms with Crippen molar-refractivity contribution in [3.8, 4) is 0 Å². The number of hydrogen-bond acceptors (Lipinski definition) is 10. The summed E-state index contributed by atoms with van der Waals surface area (Å²) in [6, 6.07) is 10.3. The molecule has 2 heterocycles. The second-order valence-corrected chi connectivity index (χ2v) is 13.6. The van der Waals surface area contributed by atoms with E-state index in [9.17, 15) is 44.0 Å². The number of alkyl halides is 4. The van der Waals surface area contributed by atoms with Gasteiger partial charge >= 0.3 is 23.7 Å². The van der Waals surface area contributed by atoms with Gasteiger partial charge in [0.2, 0.25) is 11.9 Å². The van der Waals surface area contributed by atoms with Crippen LogP contribution in [-0.2, 0) is 29.6 Å². The van der Waals surface area contributed by atoms with Gasteiger partial charge in [-0.1, -0.05) is 0 Å². The van der Waals surface area contributed by atoms with Gasteiger partial charge in [0.05, 0.1) is 9.79 Å². The van der Waals surface area contributed by atoms with Crippen molar-refractivity contribution < 1.29 is 44.0 Å². The van der Waals surface area contributed by atoms with Gasteiger partial charge in [-0.05, 0) is 88.4 Å². The summed E-state index contributed by atoms with van der Waals surface area (Å²) in [4.78, 5) is 39.4. The molecule has 2 aromatic carbocycles. The first-order chi connectivity index (χ1) is 22.2. The highest BCUT2D eigenvalue weighted by Crippen LogP contribution is 2.36. The van der Waals surface area contributed by atoms with Crippen molar-refractivity contribution in [2.45, 2.75) is 49.3 Å². The number of nitrogens with one attached hydrogen (secondary N) is 4. The van der Waals surface area contributed by atoms with Crippen molar-refractivity contribution in [1.29, 1.82) is 0 Å². The molecule has 14 nitrogen and oxygen atoms in total. The number of halogens is 4. The molecule has 48 heavy (non-hydrogen) atoms. The molecule has 0 unspecified atom stereocenters. The van der Waals surface area contributed by atoms with Crippen LogP contribution in [0, 0.1) is 27.7 Å². The van der Waals surface area contributed by atoms with Crippen LogP contribution in [0.2, 0.25) is 0 Å². The van der Waals surface area contributed by atoms with Crippen molar-refractivity contribution in [3.05, 3.63) is 83.4 Å². The Balaban J connectivity index is 1.41. The molecule has 0 aliphatic rings. The number of carbonyl (C=O) groups excluding carboxylic acids is 2.